The Morgan fingerprint density at radius 3 is 2.86 bits per heavy atom. The summed E-state index contributed by atoms with van der Waals surface area (Å²) in [5.74, 6) is -1.91. The molecule has 0 unspecified atom stereocenters. The molecule has 0 saturated carbocycles. The van der Waals surface area contributed by atoms with E-state index in [2.05, 4.69) is 36.4 Å². The minimum atomic E-state index is -2.91. The van der Waals surface area contributed by atoms with Gasteiger partial charge in [-0.3, -0.25) is 4.40 Å². The first-order valence-electron chi connectivity index (χ1n) is 5.45. The lowest BCUT2D eigenvalue weighted by molar-refractivity contribution is 0.0696. The number of carbonyl (C=O) groups is 1. The normalized spacial score (nSPS) is 11.4. The van der Waals surface area contributed by atoms with Crippen molar-refractivity contribution >= 4 is 27.5 Å². The third-order valence-corrected chi connectivity index (χ3v) is 3.29. The van der Waals surface area contributed by atoms with Crippen LogP contribution in [0.15, 0.2) is 23.1 Å². The number of aromatic carboxylic acids is 1. The van der Waals surface area contributed by atoms with Crippen molar-refractivity contribution in [3.8, 4) is 5.69 Å². The van der Waals surface area contributed by atoms with Crippen LogP contribution in [-0.4, -0.2) is 40.7 Å². The van der Waals surface area contributed by atoms with Gasteiger partial charge in [0.25, 0.3) is 6.43 Å². The van der Waals surface area contributed by atoms with Gasteiger partial charge in [0.2, 0.25) is 5.82 Å². The first kappa shape index (κ1) is 13.5. The number of carboxylic acids is 1. The summed E-state index contributed by atoms with van der Waals surface area (Å²) in [5, 5.41) is 19.0. The molecular weight excluding hydrogens is 354 g/mol. The highest BCUT2D eigenvalue weighted by atomic mass is 79.9. The molecule has 0 aliphatic rings. The average molecular weight is 359 g/mol. The van der Waals surface area contributed by atoms with Crippen molar-refractivity contribution in [2.75, 3.05) is 0 Å². The van der Waals surface area contributed by atoms with Crippen LogP contribution in [-0.2, 0) is 0 Å². The molecule has 0 saturated heterocycles. The second-order valence-corrected chi connectivity index (χ2v) is 4.76. The summed E-state index contributed by atoms with van der Waals surface area (Å²) in [6, 6.07) is 1.18. The molecule has 3 heterocycles. The highest BCUT2D eigenvalue weighted by molar-refractivity contribution is 9.10. The maximum absolute atomic E-state index is 12.9. The Balaban J connectivity index is 2.35. The van der Waals surface area contributed by atoms with Crippen LogP contribution >= 0.6 is 15.9 Å². The second-order valence-electron chi connectivity index (χ2n) is 3.94. The molecule has 0 aliphatic heterocycles. The van der Waals surface area contributed by atoms with Crippen LogP contribution in [0.25, 0.3) is 11.3 Å². The maximum Gasteiger partial charge on any atom is 0.337 e. The number of hydrogen-bond acceptors (Lipinski definition) is 5. The van der Waals surface area contributed by atoms with Crippen molar-refractivity contribution in [3.63, 3.8) is 0 Å². The van der Waals surface area contributed by atoms with E-state index in [0.717, 1.165) is 4.68 Å². The number of fused-ring (bicyclic) bond motifs is 1. The molecule has 0 fully saturated rings. The van der Waals surface area contributed by atoms with E-state index in [1.165, 1.54) is 22.9 Å². The van der Waals surface area contributed by atoms with Crippen LogP contribution in [0.1, 0.15) is 22.6 Å². The van der Waals surface area contributed by atoms with E-state index in [1.54, 1.807) is 0 Å². The molecule has 3 aromatic rings. The lowest BCUT2D eigenvalue weighted by Crippen LogP contribution is -2.09. The van der Waals surface area contributed by atoms with Crippen molar-refractivity contribution in [3.05, 3.63) is 34.5 Å². The molecule has 0 bridgehead atoms. The third kappa shape index (κ3) is 2.14. The van der Waals surface area contributed by atoms with E-state index in [-0.39, 0.29) is 16.9 Å². The molecule has 0 amide bonds. The first-order chi connectivity index (χ1) is 9.99. The molecule has 3 aromatic heterocycles. The molecule has 0 aliphatic carbocycles. The van der Waals surface area contributed by atoms with Crippen LogP contribution in [0.2, 0.25) is 0 Å². The van der Waals surface area contributed by atoms with Gasteiger partial charge < -0.3 is 5.11 Å². The summed E-state index contributed by atoms with van der Waals surface area (Å²) >= 11 is 3.19. The largest absolute Gasteiger partial charge is 0.478 e. The number of carboxylic acid groups (broad SMARTS) is 1. The Hall–Kier alpha value is -2.43. The number of nitrogens with zero attached hydrogens (tertiary/aromatic N) is 6. The van der Waals surface area contributed by atoms with E-state index in [4.69, 9.17) is 5.11 Å². The van der Waals surface area contributed by atoms with Crippen LogP contribution in [0, 0.1) is 0 Å². The van der Waals surface area contributed by atoms with Gasteiger partial charge in [0, 0.05) is 6.20 Å². The van der Waals surface area contributed by atoms with Gasteiger partial charge in [-0.15, -0.1) is 5.10 Å². The predicted octanol–water partition coefficient (Wildman–Crippen LogP) is 1.71. The fourth-order valence-electron chi connectivity index (χ4n) is 1.82. The summed E-state index contributed by atoms with van der Waals surface area (Å²) < 4.78 is 28.4. The van der Waals surface area contributed by atoms with E-state index in [1.807, 2.05) is 0 Å². The van der Waals surface area contributed by atoms with Crippen molar-refractivity contribution in [1.82, 2.24) is 29.6 Å². The van der Waals surface area contributed by atoms with Gasteiger partial charge in [0.15, 0.2) is 5.65 Å². The topological polar surface area (TPSA) is 98.2 Å². The quantitative estimate of drug-likeness (QED) is 0.765. The Kier molecular flexibility index (Phi) is 3.12. The van der Waals surface area contributed by atoms with E-state index >= 15 is 0 Å². The molecule has 1 N–H and O–H groups in total. The molecule has 21 heavy (non-hydrogen) atoms. The highest BCUT2D eigenvalue weighted by Gasteiger charge is 2.22. The van der Waals surface area contributed by atoms with Crippen LogP contribution < -0.4 is 0 Å². The minimum Gasteiger partial charge on any atom is -0.478 e. The number of rotatable bonds is 3. The number of aromatic nitrogens is 6. The summed E-state index contributed by atoms with van der Waals surface area (Å²) in [7, 11) is 0. The fourth-order valence-corrected chi connectivity index (χ4v) is 2.19. The number of halogens is 3. The number of pyridine rings is 1. The Morgan fingerprint density at radius 1 is 1.43 bits per heavy atom. The molecule has 0 spiro atoms. The van der Waals surface area contributed by atoms with Gasteiger partial charge in [-0.25, -0.2) is 18.6 Å². The lowest BCUT2D eigenvalue weighted by Gasteiger charge is -2.07. The summed E-state index contributed by atoms with van der Waals surface area (Å²) in [6.45, 7) is 0. The SMILES string of the molecule is O=C(O)c1cc(-n2nnnc2C(F)F)c2ncc(Br)n2c1. The van der Waals surface area contributed by atoms with Crippen molar-refractivity contribution in [2.45, 2.75) is 6.43 Å². The van der Waals surface area contributed by atoms with E-state index < -0.39 is 18.2 Å². The number of alkyl halides is 2. The molecule has 11 heteroatoms. The molecule has 3 rings (SSSR count). The Bertz CT molecular complexity index is 845. The van der Waals surface area contributed by atoms with Gasteiger partial charge in [0.05, 0.1) is 11.8 Å². The lowest BCUT2D eigenvalue weighted by atomic mass is 10.2. The van der Waals surface area contributed by atoms with Gasteiger partial charge in [0.1, 0.15) is 10.3 Å². The zero-order chi connectivity index (χ0) is 15.1. The molecule has 108 valence electrons. The fraction of sp³-hybridized carbons (Fsp3) is 0.100. The van der Waals surface area contributed by atoms with E-state index in [9.17, 15) is 13.6 Å². The zero-order valence-corrected chi connectivity index (χ0v) is 11.6. The summed E-state index contributed by atoms with van der Waals surface area (Å²) in [6.07, 6.45) is -0.187. The Morgan fingerprint density at radius 2 is 2.19 bits per heavy atom. The van der Waals surface area contributed by atoms with Crippen LogP contribution in [0.5, 0.6) is 0 Å². The maximum atomic E-state index is 12.9. The molecule has 0 radical (unpaired) electrons. The van der Waals surface area contributed by atoms with Crippen molar-refractivity contribution < 1.29 is 18.7 Å². The van der Waals surface area contributed by atoms with Gasteiger partial charge >= 0.3 is 5.97 Å². The standard InChI is InChI=1S/C10H5BrF2N6O2/c11-6-2-14-8-5(1-4(10(20)21)3-18(6)8)19-9(7(12)13)15-16-17-19/h1-3,7H,(H,20,21). The molecular formula is C10H5BrF2N6O2. The molecule has 0 atom stereocenters. The van der Waals surface area contributed by atoms with Crippen LogP contribution in [0.4, 0.5) is 8.78 Å². The van der Waals surface area contributed by atoms with Crippen molar-refractivity contribution in [1.29, 1.82) is 0 Å². The van der Waals surface area contributed by atoms with Crippen LogP contribution in [0.3, 0.4) is 0 Å². The predicted molar refractivity (Wildman–Crippen MR) is 67.5 cm³/mol. The first-order valence-corrected chi connectivity index (χ1v) is 6.25. The van der Waals surface area contributed by atoms with Gasteiger partial charge in [-0.05, 0) is 32.4 Å². The zero-order valence-electron chi connectivity index (χ0n) is 9.98. The summed E-state index contributed by atoms with van der Waals surface area (Å²) in [5.41, 5.74) is 0.161. The number of tetrazole rings is 1. The van der Waals surface area contributed by atoms with E-state index in [0.29, 0.717) is 4.60 Å². The third-order valence-electron chi connectivity index (χ3n) is 2.71. The Labute approximate surface area is 123 Å². The monoisotopic (exact) mass is 358 g/mol. The second kappa shape index (κ2) is 4.84. The van der Waals surface area contributed by atoms with Gasteiger partial charge in [-0.1, -0.05) is 0 Å². The number of hydrogen-bond donors (Lipinski definition) is 1. The van der Waals surface area contributed by atoms with Gasteiger partial charge in [-0.2, -0.15) is 4.68 Å². The number of imidazole rings is 1. The van der Waals surface area contributed by atoms with Crippen molar-refractivity contribution in [2.24, 2.45) is 0 Å². The average Bonchev–Trinajstić information content (AvgIpc) is 3.05. The summed E-state index contributed by atoms with van der Waals surface area (Å²) in [4.78, 5) is 15.2. The smallest absolute Gasteiger partial charge is 0.337 e. The minimum absolute atomic E-state index is 0.0425. The molecule has 8 nitrogen and oxygen atoms in total. The highest BCUT2D eigenvalue weighted by Crippen LogP contribution is 2.24. The molecule has 0 aromatic carbocycles.